The molecule has 2 amide bonds. The fourth-order valence-corrected chi connectivity index (χ4v) is 1.94. The van der Waals surface area contributed by atoms with Gasteiger partial charge in [0.25, 0.3) is 0 Å². The molecule has 0 atom stereocenters. The van der Waals surface area contributed by atoms with Crippen LogP contribution >= 0.6 is 0 Å². The number of urea groups is 1. The third-order valence-corrected chi connectivity index (χ3v) is 3.27. The Hall–Kier alpha value is -2.41. The lowest BCUT2D eigenvalue weighted by Gasteiger charge is -2.08. The quantitative estimate of drug-likeness (QED) is 0.819. The Morgan fingerprint density at radius 2 is 2.04 bits per heavy atom. The van der Waals surface area contributed by atoms with Crippen molar-refractivity contribution < 1.29 is 14.1 Å². The summed E-state index contributed by atoms with van der Waals surface area (Å²) in [6, 6.07) is 7.45. The van der Waals surface area contributed by atoms with E-state index in [-0.39, 0.29) is 12.6 Å². The summed E-state index contributed by atoms with van der Waals surface area (Å²) in [7, 11) is 1.61. The number of carbonyl (C=O) groups excluding carboxylic acids is 1. The molecule has 2 rings (SSSR count). The number of aromatic nitrogens is 2. The van der Waals surface area contributed by atoms with E-state index in [0.29, 0.717) is 30.7 Å². The lowest BCUT2D eigenvalue weighted by Crippen LogP contribution is -2.28. The largest absolute Gasteiger partial charge is 0.384 e. The summed E-state index contributed by atoms with van der Waals surface area (Å²) in [5.74, 6) is 1.39. The Morgan fingerprint density at radius 3 is 2.70 bits per heavy atom. The molecule has 2 N–H and O–H groups in total. The summed E-state index contributed by atoms with van der Waals surface area (Å²) in [4.78, 5) is 16.0. The molecular weight excluding hydrogens is 296 g/mol. The van der Waals surface area contributed by atoms with Gasteiger partial charge >= 0.3 is 6.03 Å². The number of carbonyl (C=O) groups is 1. The number of methoxy groups -OCH3 is 1. The predicted octanol–water partition coefficient (Wildman–Crippen LogP) is 2.70. The average Bonchev–Trinajstić information content (AvgIpc) is 2.99. The van der Waals surface area contributed by atoms with Gasteiger partial charge in [0.15, 0.2) is 5.82 Å². The molecular formula is C16H22N4O3. The van der Waals surface area contributed by atoms with Crippen molar-refractivity contribution in [1.29, 1.82) is 0 Å². The summed E-state index contributed by atoms with van der Waals surface area (Å²) in [5.41, 5.74) is 1.96. The van der Waals surface area contributed by atoms with Crippen molar-refractivity contribution in [2.24, 2.45) is 0 Å². The highest BCUT2D eigenvalue weighted by Gasteiger charge is 2.08. The molecule has 0 spiro atoms. The second kappa shape index (κ2) is 8.28. The van der Waals surface area contributed by atoms with E-state index in [0.717, 1.165) is 5.69 Å². The summed E-state index contributed by atoms with van der Waals surface area (Å²) in [6.07, 6.45) is 0.553. The minimum Gasteiger partial charge on any atom is -0.384 e. The van der Waals surface area contributed by atoms with Crippen LogP contribution in [-0.2, 0) is 17.7 Å². The molecule has 0 fully saturated rings. The topological polar surface area (TPSA) is 89.3 Å². The molecule has 0 unspecified atom stereocenters. The van der Waals surface area contributed by atoms with E-state index in [1.807, 2.05) is 24.3 Å². The van der Waals surface area contributed by atoms with Crippen LogP contribution in [0.1, 0.15) is 37.0 Å². The molecule has 0 aliphatic rings. The van der Waals surface area contributed by atoms with Crippen molar-refractivity contribution in [3.05, 3.63) is 41.5 Å². The van der Waals surface area contributed by atoms with Crippen molar-refractivity contribution in [3.8, 4) is 0 Å². The second-order valence-corrected chi connectivity index (χ2v) is 5.43. The molecule has 1 heterocycles. The van der Waals surface area contributed by atoms with Crippen LogP contribution in [0.5, 0.6) is 0 Å². The first-order valence-electron chi connectivity index (χ1n) is 7.53. The predicted molar refractivity (Wildman–Crippen MR) is 86.3 cm³/mol. The molecule has 1 aromatic heterocycles. The van der Waals surface area contributed by atoms with Gasteiger partial charge in [-0.1, -0.05) is 31.1 Å². The minimum atomic E-state index is -0.314. The Bertz CT molecular complexity index is 623. The molecule has 2 aromatic rings. The Balaban J connectivity index is 1.79. The zero-order valence-electron chi connectivity index (χ0n) is 13.6. The van der Waals surface area contributed by atoms with E-state index >= 15 is 0 Å². The van der Waals surface area contributed by atoms with Crippen LogP contribution in [0, 0.1) is 0 Å². The summed E-state index contributed by atoms with van der Waals surface area (Å²) < 4.78 is 9.98. The van der Waals surface area contributed by atoms with E-state index in [1.54, 1.807) is 7.11 Å². The molecule has 0 aliphatic carbocycles. The molecule has 124 valence electrons. The number of hydrogen-bond acceptors (Lipinski definition) is 5. The SMILES string of the molecule is COCCc1nc(CNC(=O)Nc2ccc(C(C)C)cc2)no1. The van der Waals surface area contributed by atoms with Crippen LogP contribution in [0.3, 0.4) is 0 Å². The molecule has 0 aliphatic heterocycles. The molecule has 7 nitrogen and oxygen atoms in total. The van der Waals surface area contributed by atoms with Gasteiger partial charge < -0.3 is 19.9 Å². The summed E-state index contributed by atoms with van der Waals surface area (Å²) in [5, 5.41) is 9.25. The van der Waals surface area contributed by atoms with Gasteiger partial charge in [-0.3, -0.25) is 0 Å². The average molecular weight is 318 g/mol. The molecule has 23 heavy (non-hydrogen) atoms. The van der Waals surface area contributed by atoms with Gasteiger partial charge in [0, 0.05) is 12.8 Å². The van der Waals surface area contributed by atoms with E-state index in [2.05, 4.69) is 34.6 Å². The highest BCUT2D eigenvalue weighted by molar-refractivity contribution is 5.89. The number of anilines is 1. The third kappa shape index (κ3) is 5.37. The first kappa shape index (κ1) is 17.0. The Labute approximate surface area is 135 Å². The van der Waals surface area contributed by atoms with Gasteiger partial charge in [-0.15, -0.1) is 0 Å². The van der Waals surface area contributed by atoms with Crippen molar-refractivity contribution in [1.82, 2.24) is 15.5 Å². The monoisotopic (exact) mass is 318 g/mol. The van der Waals surface area contributed by atoms with Gasteiger partial charge in [-0.05, 0) is 23.6 Å². The van der Waals surface area contributed by atoms with Crippen LogP contribution in [0.2, 0.25) is 0 Å². The van der Waals surface area contributed by atoms with E-state index in [9.17, 15) is 4.79 Å². The van der Waals surface area contributed by atoms with Crippen LogP contribution in [-0.4, -0.2) is 29.9 Å². The summed E-state index contributed by atoms with van der Waals surface area (Å²) >= 11 is 0. The number of ether oxygens (including phenoxy) is 1. The van der Waals surface area contributed by atoms with Crippen molar-refractivity contribution >= 4 is 11.7 Å². The molecule has 1 aromatic carbocycles. The van der Waals surface area contributed by atoms with Gasteiger partial charge in [-0.25, -0.2) is 4.79 Å². The first-order valence-corrected chi connectivity index (χ1v) is 7.53. The van der Waals surface area contributed by atoms with Crippen LogP contribution in [0.15, 0.2) is 28.8 Å². The van der Waals surface area contributed by atoms with E-state index in [4.69, 9.17) is 9.26 Å². The number of benzene rings is 1. The molecule has 0 saturated heterocycles. The molecule has 0 saturated carbocycles. The fourth-order valence-electron chi connectivity index (χ4n) is 1.94. The Kier molecular flexibility index (Phi) is 6.10. The van der Waals surface area contributed by atoms with Crippen molar-refractivity contribution in [2.75, 3.05) is 19.0 Å². The van der Waals surface area contributed by atoms with E-state index in [1.165, 1.54) is 5.56 Å². The molecule has 0 bridgehead atoms. The van der Waals surface area contributed by atoms with Gasteiger partial charge in [0.1, 0.15) is 0 Å². The van der Waals surface area contributed by atoms with Crippen LogP contribution in [0.25, 0.3) is 0 Å². The normalized spacial score (nSPS) is 10.8. The zero-order valence-corrected chi connectivity index (χ0v) is 13.6. The standard InChI is InChI=1S/C16H22N4O3/c1-11(2)12-4-6-13(7-5-12)18-16(21)17-10-14-19-15(23-20-14)8-9-22-3/h4-7,11H,8-10H2,1-3H3,(H2,17,18,21). The maximum atomic E-state index is 11.9. The number of nitrogens with one attached hydrogen (secondary N) is 2. The maximum absolute atomic E-state index is 11.9. The van der Waals surface area contributed by atoms with E-state index < -0.39 is 0 Å². The lowest BCUT2D eigenvalue weighted by atomic mass is 10.0. The summed E-state index contributed by atoms with van der Waals surface area (Å²) in [6.45, 7) is 4.97. The number of hydrogen-bond donors (Lipinski definition) is 2. The molecule has 0 radical (unpaired) electrons. The first-order chi connectivity index (χ1) is 11.1. The minimum absolute atomic E-state index is 0.201. The number of rotatable bonds is 7. The van der Waals surface area contributed by atoms with Crippen LogP contribution < -0.4 is 10.6 Å². The lowest BCUT2D eigenvalue weighted by molar-refractivity contribution is 0.192. The number of nitrogens with zero attached hydrogens (tertiary/aromatic N) is 2. The zero-order chi connectivity index (χ0) is 16.7. The highest BCUT2D eigenvalue weighted by atomic mass is 16.5. The highest BCUT2D eigenvalue weighted by Crippen LogP contribution is 2.16. The second-order valence-electron chi connectivity index (χ2n) is 5.43. The smallest absolute Gasteiger partial charge is 0.319 e. The van der Waals surface area contributed by atoms with Gasteiger partial charge in [0.05, 0.1) is 19.6 Å². The molecule has 7 heteroatoms. The third-order valence-electron chi connectivity index (χ3n) is 3.27. The van der Waals surface area contributed by atoms with Crippen molar-refractivity contribution in [3.63, 3.8) is 0 Å². The Morgan fingerprint density at radius 1 is 1.30 bits per heavy atom. The fraction of sp³-hybridized carbons (Fsp3) is 0.438. The van der Waals surface area contributed by atoms with Crippen molar-refractivity contribution in [2.45, 2.75) is 32.7 Å². The van der Waals surface area contributed by atoms with Crippen LogP contribution in [0.4, 0.5) is 10.5 Å². The van der Waals surface area contributed by atoms with Gasteiger partial charge in [0.2, 0.25) is 5.89 Å². The van der Waals surface area contributed by atoms with Gasteiger partial charge in [-0.2, -0.15) is 4.98 Å². The number of amides is 2. The maximum Gasteiger partial charge on any atom is 0.319 e.